The van der Waals surface area contributed by atoms with Crippen LogP contribution in [0.25, 0.3) is 0 Å². The summed E-state index contributed by atoms with van der Waals surface area (Å²) in [5, 5.41) is 0. The summed E-state index contributed by atoms with van der Waals surface area (Å²) in [6.45, 7) is 18.0. The molecule has 0 spiro atoms. The van der Waals surface area contributed by atoms with Gasteiger partial charge in [-0.2, -0.15) is 0 Å². The van der Waals surface area contributed by atoms with Gasteiger partial charge >= 0.3 is 5.97 Å². The molecule has 0 aliphatic carbocycles. The Kier molecular flexibility index (Phi) is 9.02. The monoisotopic (exact) mass is 337 g/mol. The predicted molar refractivity (Wildman–Crippen MR) is 99.9 cm³/mol. The summed E-state index contributed by atoms with van der Waals surface area (Å²) in [6, 6.07) is 1.93. The Morgan fingerprint density at radius 3 is 2.04 bits per heavy atom. The smallest absolute Gasteiger partial charge is 0.310 e. The molecule has 24 heavy (non-hydrogen) atoms. The third kappa shape index (κ3) is 6.90. The molecule has 0 radical (unpaired) electrons. The van der Waals surface area contributed by atoms with Crippen molar-refractivity contribution >= 4 is 5.97 Å². The number of esters is 1. The minimum atomic E-state index is -0.479. The van der Waals surface area contributed by atoms with E-state index in [1.165, 1.54) is 0 Å². The van der Waals surface area contributed by atoms with Crippen molar-refractivity contribution < 1.29 is 14.3 Å². The van der Waals surface area contributed by atoms with Gasteiger partial charge in [0.1, 0.15) is 5.60 Å². The summed E-state index contributed by atoms with van der Waals surface area (Å²) in [5.74, 6) is 0.875. The molecule has 0 amide bonds. The number of carbonyl (C=O) groups is 1. The lowest BCUT2D eigenvalue weighted by molar-refractivity contribution is -0.153. The molecule has 1 aromatic rings. The molecule has 0 saturated heterocycles. The molecule has 0 aliphatic heterocycles. The SMILES string of the molecule is CC.COc1cc(C(C)C)c(CC(=O)OC(C)(C)C)c(C(C)C)n1. The molecule has 0 unspecified atom stereocenters. The van der Waals surface area contributed by atoms with Crippen molar-refractivity contribution in [1.82, 2.24) is 4.98 Å². The topological polar surface area (TPSA) is 48.4 Å². The maximum Gasteiger partial charge on any atom is 0.310 e. The van der Waals surface area contributed by atoms with E-state index in [1.54, 1.807) is 7.11 Å². The fourth-order valence-electron chi connectivity index (χ4n) is 2.40. The lowest BCUT2D eigenvalue weighted by Crippen LogP contribution is -2.26. The first-order valence-electron chi connectivity index (χ1n) is 8.84. The van der Waals surface area contributed by atoms with Crippen LogP contribution in [0, 0.1) is 0 Å². The van der Waals surface area contributed by atoms with Gasteiger partial charge in [-0.15, -0.1) is 0 Å². The fourth-order valence-corrected chi connectivity index (χ4v) is 2.40. The molecule has 1 heterocycles. The summed E-state index contributed by atoms with van der Waals surface area (Å²) in [4.78, 5) is 16.8. The third-order valence-electron chi connectivity index (χ3n) is 3.29. The second kappa shape index (κ2) is 9.65. The van der Waals surface area contributed by atoms with Crippen LogP contribution in [0.4, 0.5) is 0 Å². The maximum absolute atomic E-state index is 12.3. The van der Waals surface area contributed by atoms with Gasteiger partial charge in [-0.05, 0) is 43.7 Å². The van der Waals surface area contributed by atoms with E-state index in [-0.39, 0.29) is 24.2 Å². The summed E-state index contributed by atoms with van der Waals surface area (Å²) >= 11 is 0. The molecule has 0 fully saturated rings. The van der Waals surface area contributed by atoms with Crippen LogP contribution >= 0.6 is 0 Å². The number of ether oxygens (including phenoxy) is 2. The highest BCUT2D eigenvalue weighted by Gasteiger charge is 2.23. The molecular weight excluding hydrogens is 302 g/mol. The highest BCUT2D eigenvalue weighted by atomic mass is 16.6. The zero-order valence-corrected chi connectivity index (χ0v) is 17.1. The van der Waals surface area contributed by atoms with Crippen LogP contribution in [0.2, 0.25) is 0 Å². The van der Waals surface area contributed by atoms with E-state index in [0.29, 0.717) is 5.88 Å². The van der Waals surface area contributed by atoms with E-state index in [4.69, 9.17) is 9.47 Å². The Labute approximate surface area is 148 Å². The van der Waals surface area contributed by atoms with Gasteiger partial charge in [-0.1, -0.05) is 41.5 Å². The largest absolute Gasteiger partial charge is 0.481 e. The lowest BCUT2D eigenvalue weighted by atomic mass is 9.91. The van der Waals surface area contributed by atoms with E-state index in [1.807, 2.05) is 40.7 Å². The Balaban J connectivity index is 0.00000254. The Morgan fingerprint density at radius 2 is 1.67 bits per heavy atom. The number of pyridine rings is 1. The zero-order valence-electron chi connectivity index (χ0n) is 17.1. The molecule has 0 aliphatic rings. The Bertz CT molecular complexity index is 499. The lowest BCUT2D eigenvalue weighted by Gasteiger charge is -2.23. The number of methoxy groups -OCH3 is 1. The van der Waals surface area contributed by atoms with Crippen molar-refractivity contribution in [2.45, 2.75) is 86.2 Å². The van der Waals surface area contributed by atoms with E-state index in [9.17, 15) is 4.79 Å². The number of hydrogen-bond acceptors (Lipinski definition) is 4. The number of hydrogen-bond donors (Lipinski definition) is 0. The van der Waals surface area contributed by atoms with Crippen molar-refractivity contribution in [3.63, 3.8) is 0 Å². The molecule has 4 heteroatoms. The molecule has 1 aromatic heterocycles. The summed E-state index contributed by atoms with van der Waals surface area (Å²) in [5.41, 5.74) is 2.50. The molecule has 138 valence electrons. The van der Waals surface area contributed by atoms with Gasteiger partial charge in [0, 0.05) is 6.07 Å². The fraction of sp³-hybridized carbons (Fsp3) is 0.700. The summed E-state index contributed by atoms with van der Waals surface area (Å²) in [6.07, 6.45) is 0.245. The van der Waals surface area contributed by atoms with Crippen LogP contribution in [0.15, 0.2) is 6.07 Å². The number of rotatable bonds is 5. The van der Waals surface area contributed by atoms with Crippen molar-refractivity contribution in [1.29, 1.82) is 0 Å². The number of aromatic nitrogens is 1. The Morgan fingerprint density at radius 1 is 1.12 bits per heavy atom. The van der Waals surface area contributed by atoms with Gasteiger partial charge in [-0.3, -0.25) is 4.79 Å². The molecular formula is C20H35NO3. The molecule has 0 saturated carbocycles. The average Bonchev–Trinajstić information content (AvgIpc) is 2.46. The zero-order chi connectivity index (χ0) is 19.1. The quantitative estimate of drug-likeness (QED) is 0.689. The van der Waals surface area contributed by atoms with Crippen molar-refractivity contribution in [2.24, 2.45) is 0 Å². The van der Waals surface area contributed by atoms with Crippen LogP contribution < -0.4 is 4.74 Å². The second-order valence-electron chi connectivity index (χ2n) is 7.19. The first-order chi connectivity index (χ1) is 11.0. The van der Waals surface area contributed by atoms with Crippen LogP contribution in [-0.2, 0) is 16.0 Å². The van der Waals surface area contributed by atoms with Gasteiger partial charge in [0.25, 0.3) is 0 Å². The van der Waals surface area contributed by atoms with Crippen molar-refractivity contribution in [2.75, 3.05) is 7.11 Å². The van der Waals surface area contributed by atoms with Crippen molar-refractivity contribution in [3.8, 4) is 5.88 Å². The maximum atomic E-state index is 12.3. The second-order valence-corrected chi connectivity index (χ2v) is 7.19. The van der Waals surface area contributed by atoms with E-state index < -0.39 is 5.60 Å². The van der Waals surface area contributed by atoms with Gasteiger partial charge in [0.15, 0.2) is 0 Å². The first-order valence-corrected chi connectivity index (χ1v) is 8.84. The standard InChI is InChI=1S/C18H29NO3.C2H6/c1-11(2)13-9-15(21-8)19-17(12(3)4)14(13)10-16(20)22-18(5,6)7;1-2/h9,11-12H,10H2,1-8H3;1-2H3. The molecule has 0 atom stereocenters. The summed E-state index contributed by atoms with van der Waals surface area (Å²) in [7, 11) is 1.62. The highest BCUT2D eigenvalue weighted by molar-refractivity contribution is 5.74. The first kappa shape index (κ1) is 22.4. The molecule has 0 bridgehead atoms. The minimum absolute atomic E-state index is 0.213. The predicted octanol–water partition coefficient (Wildman–Crippen LogP) is 5.25. The van der Waals surface area contributed by atoms with Gasteiger partial charge < -0.3 is 9.47 Å². The summed E-state index contributed by atoms with van der Waals surface area (Å²) < 4.78 is 10.8. The molecule has 1 rings (SSSR count). The van der Waals surface area contributed by atoms with Crippen LogP contribution in [0.3, 0.4) is 0 Å². The Hall–Kier alpha value is -1.58. The minimum Gasteiger partial charge on any atom is -0.481 e. The highest BCUT2D eigenvalue weighted by Crippen LogP contribution is 2.30. The number of nitrogens with zero attached hydrogens (tertiary/aromatic N) is 1. The van der Waals surface area contributed by atoms with Gasteiger partial charge in [-0.25, -0.2) is 4.98 Å². The van der Waals surface area contributed by atoms with E-state index >= 15 is 0 Å². The van der Waals surface area contributed by atoms with Gasteiger partial charge in [0.05, 0.1) is 19.2 Å². The normalized spacial score (nSPS) is 11.2. The molecule has 4 nitrogen and oxygen atoms in total. The molecule has 0 N–H and O–H groups in total. The third-order valence-corrected chi connectivity index (χ3v) is 3.29. The van der Waals surface area contributed by atoms with Gasteiger partial charge in [0.2, 0.25) is 5.88 Å². The molecule has 0 aromatic carbocycles. The van der Waals surface area contributed by atoms with Crippen LogP contribution in [-0.4, -0.2) is 23.7 Å². The van der Waals surface area contributed by atoms with E-state index in [2.05, 4.69) is 32.7 Å². The number of carbonyl (C=O) groups excluding carboxylic acids is 1. The van der Waals surface area contributed by atoms with Crippen LogP contribution in [0.5, 0.6) is 5.88 Å². The average molecular weight is 338 g/mol. The van der Waals surface area contributed by atoms with E-state index in [0.717, 1.165) is 16.8 Å². The van der Waals surface area contributed by atoms with Crippen LogP contribution in [0.1, 0.15) is 91.0 Å². The van der Waals surface area contributed by atoms with Crippen molar-refractivity contribution in [3.05, 3.63) is 22.9 Å².